The molecule has 0 aromatic heterocycles. The van der Waals surface area contributed by atoms with Crippen molar-refractivity contribution in [2.45, 2.75) is 32.2 Å². The molecule has 0 amide bonds. The van der Waals surface area contributed by atoms with Crippen LogP contribution in [0.15, 0.2) is 18.2 Å². The van der Waals surface area contributed by atoms with E-state index in [1.54, 1.807) is 14.2 Å². The Morgan fingerprint density at radius 2 is 2.10 bits per heavy atom. The lowest BCUT2D eigenvalue weighted by Gasteiger charge is -2.20. The maximum atomic E-state index is 5.42. The normalized spacial score (nSPS) is 19.5. The van der Waals surface area contributed by atoms with Crippen molar-refractivity contribution in [2.24, 2.45) is 5.92 Å². The van der Waals surface area contributed by atoms with Gasteiger partial charge in [-0.05, 0) is 49.4 Å². The van der Waals surface area contributed by atoms with Crippen molar-refractivity contribution >= 4 is 0 Å². The molecule has 0 saturated carbocycles. The van der Waals surface area contributed by atoms with Gasteiger partial charge >= 0.3 is 0 Å². The fraction of sp³-hybridized carbons (Fsp3) is 0.647. The zero-order chi connectivity index (χ0) is 15.1. The van der Waals surface area contributed by atoms with Crippen molar-refractivity contribution in [3.8, 4) is 11.5 Å². The predicted molar refractivity (Wildman–Crippen MR) is 84.1 cm³/mol. The summed E-state index contributed by atoms with van der Waals surface area (Å²) >= 11 is 0. The van der Waals surface area contributed by atoms with Gasteiger partial charge in [0.1, 0.15) is 0 Å². The molecule has 1 aliphatic heterocycles. The number of benzene rings is 1. The van der Waals surface area contributed by atoms with Crippen molar-refractivity contribution in [3.63, 3.8) is 0 Å². The summed E-state index contributed by atoms with van der Waals surface area (Å²) in [4.78, 5) is 0. The van der Waals surface area contributed by atoms with Gasteiger partial charge in [0, 0.05) is 19.3 Å². The molecule has 1 aromatic carbocycles. The molecule has 4 heteroatoms. The van der Waals surface area contributed by atoms with Gasteiger partial charge in [-0.25, -0.2) is 0 Å². The first-order valence-electron chi connectivity index (χ1n) is 7.81. The first-order valence-corrected chi connectivity index (χ1v) is 7.81. The second-order valence-corrected chi connectivity index (χ2v) is 5.55. The summed E-state index contributed by atoms with van der Waals surface area (Å²) in [6.07, 6.45) is 3.44. The van der Waals surface area contributed by atoms with Crippen LogP contribution in [0.4, 0.5) is 0 Å². The summed E-state index contributed by atoms with van der Waals surface area (Å²) in [6.45, 7) is 5.08. The van der Waals surface area contributed by atoms with Crippen molar-refractivity contribution in [1.29, 1.82) is 0 Å². The van der Waals surface area contributed by atoms with E-state index in [4.69, 9.17) is 14.2 Å². The quantitative estimate of drug-likeness (QED) is 0.799. The maximum Gasteiger partial charge on any atom is 0.161 e. The van der Waals surface area contributed by atoms with Crippen LogP contribution in [-0.4, -0.2) is 34.0 Å². The van der Waals surface area contributed by atoms with Gasteiger partial charge in [0.25, 0.3) is 0 Å². The second-order valence-electron chi connectivity index (χ2n) is 5.55. The summed E-state index contributed by atoms with van der Waals surface area (Å²) in [5, 5.41) is 3.65. The fourth-order valence-corrected chi connectivity index (χ4v) is 2.84. The lowest BCUT2D eigenvalue weighted by atomic mass is 10.0. The Balaban J connectivity index is 1.92. The van der Waals surface area contributed by atoms with Crippen LogP contribution in [0.25, 0.3) is 0 Å². The molecule has 2 rings (SSSR count). The van der Waals surface area contributed by atoms with Gasteiger partial charge < -0.3 is 19.5 Å². The smallest absolute Gasteiger partial charge is 0.161 e. The third-order valence-electron chi connectivity index (χ3n) is 4.19. The Bertz CT molecular complexity index is 430. The molecular weight excluding hydrogens is 266 g/mol. The molecule has 4 nitrogen and oxygen atoms in total. The Kier molecular flexibility index (Phi) is 6.33. The maximum absolute atomic E-state index is 5.42. The zero-order valence-corrected chi connectivity index (χ0v) is 13.4. The summed E-state index contributed by atoms with van der Waals surface area (Å²) in [6, 6.07) is 6.51. The van der Waals surface area contributed by atoms with Gasteiger partial charge in [-0.1, -0.05) is 13.0 Å². The third-order valence-corrected chi connectivity index (χ3v) is 4.19. The first-order chi connectivity index (χ1) is 10.3. The van der Waals surface area contributed by atoms with Crippen molar-refractivity contribution < 1.29 is 14.2 Å². The fourth-order valence-electron chi connectivity index (χ4n) is 2.84. The molecule has 118 valence electrons. The van der Waals surface area contributed by atoms with Crippen molar-refractivity contribution in [2.75, 3.05) is 34.0 Å². The molecule has 0 bridgehead atoms. The summed E-state index contributed by atoms with van der Waals surface area (Å²) in [5.41, 5.74) is 1.25. The molecule has 1 aromatic rings. The van der Waals surface area contributed by atoms with Crippen LogP contribution in [0.2, 0.25) is 0 Å². The standard InChI is InChI=1S/C17H27NO3/c1-4-15(18-9-7-13-8-10-21-12-13)14-5-6-16(19-2)17(11-14)20-3/h5-6,11,13,15,18H,4,7-10,12H2,1-3H3. The summed E-state index contributed by atoms with van der Waals surface area (Å²) in [5.74, 6) is 2.29. The van der Waals surface area contributed by atoms with E-state index in [0.29, 0.717) is 6.04 Å². The van der Waals surface area contributed by atoms with Crippen LogP contribution >= 0.6 is 0 Å². The number of hydrogen-bond acceptors (Lipinski definition) is 4. The Hall–Kier alpha value is -1.26. The van der Waals surface area contributed by atoms with Crippen molar-refractivity contribution in [3.05, 3.63) is 23.8 Å². The minimum absolute atomic E-state index is 0.354. The number of hydrogen-bond donors (Lipinski definition) is 1. The largest absolute Gasteiger partial charge is 0.493 e. The molecule has 1 fully saturated rings. The van der Waals surface area contributed by atoms with Crippen LogP contribution in [0.1, 0.15) is 37.8 Å². The predicted octanol–water partition coefficient (Wildman–Crippen LogP) is 3.17. The highest BCUT2D eigenvalue weighted by Gasteiger charge is 2.17. The molecule has 1 aliphatic rings. The summed E-state index contributed by atoms with van der Waals surface area (Å²) < 4.78 is 16.1. The monoisotopic (exact) mass is 293 g/mol. The molecule has 21 heavy (non-hydrogen) atoms. The van der Waals surface area contributed by atoms with Crippen LogP contribution in [0, 0.1) is 5.92 Å². The lowest BCUT2D eigenvalue weighted by Crippen LogP contribution is -2.23. The third kappa shape index (κ3) is 4.35. The highest BCUT2D eigenvalue weighted by molar-refractivity contribution is 5.43. The van der Waals surface area contributed by atoms with Crippen LogP contribution in [0.3, 0.4) is 0 Å². The topological polar surface area (TPSA) is 39.7 Å². The minimum Gasteiger partial charge on any atom is -0.493 e. The van der Waals surface area contributed by atoms with E-state index < -0.39 is 0 Å². The van der Waals surface area contributed by atoms with Gasteiger partial charge in [0.05, 0.1) is 14.2 Å². The average molecular weight is 293 g/mol. The average Bonchev–Trinajstić information content (AvgIpc) is 3.04. The molecular formula is C17H27NO3. The molecule has 1 N–H and O–H groups in total. The van der Waals surface area contributed by atoms with Crippen LogP contribution in [0.5, 0.6) is 11.5 Å². The van der Waals surface area contributed by atoms with Gasteiger partial charge in [-0.2, -0.15) is 0 Å². The molecule has 2 unspecified atom stereocenters. The van der Waals surface area contributed by atoms with Gasteiger partial charge in [-0.3, -0.25) is 0 Å². The molecule has 0 aliphatic carbocycles. The van der Waals surface area contributed by atoms with E-state index in [1.165, 1.54) is 18.4 Å². The van der Waals surface area contributed by atoms with E-state index in [9.17, 15) is 0 Å². The molecule has 1 saturated heterocycles. The van der Waals surface area contributed by atoms with Crippen LogP contribution < -0.4 is 14.8 Å². The van der Waals surface area contributed by atoms with E-state index in [0.717, 1.165) is 43.6 Å². The van der Waals surface area contributed by atoms with Gasteiger partial charge in [0.15, 0.2) is 11.5 Å². The molecule has 2 atom stereocenters. The highest BCUT2D eigenvalue weighted by atomic mass is 16.5. The van der Waals surface area contributed by atoms with Crippen molar-refractivity contribution in [1.82, 2.24) is 5.32 Å². The Labute approximate surface area is 127 Å². The lowest BCUT2D eigenvalue weighted by molar-refractivity contribution is 0.184. The Morgan fingerprint density at radius 1 is 1.29 bits per heavy atom. The Morgan fingerprint density at radius 3 is 2.71 bits per heavy atom. The van der Waals surface area contributed by atoms with Crippen LogP contribution in [-0.2, 0) is 4.74 Å². The second kappa shape index (κ2) is 8.25. The summed E-state index contributed by atoms with van der Waals surface area (Å²) in [7, 11) is 3.34. The molecule has 0 spiro atoms. The van der Waals surface area contributed by atoms with E-state index >= 15 is 0 Å². The SMILES string of the molecule is CCC(NCCC1CCOC1)c1ccc(OC)c(OC)c1. The number of ether oxygens (including phenoxy) is 3. The van der Waals surface area contributed by atoms with E-state index in [-0.39, 0.29) is 0 Å². The van der Waals surface area contributed by atoms with E-state index in [2.05, 4.69) is 24.4 Å². The number of rotatable bonds is 8. The number of methoxy groups -OCH3 is 2. The first kappa shape index (κ1) is 16.1. The number of nitrogens with one attached hydrogen (secondary N) is 1. The highest BCUT2D eigenvalue weighted by Crippen LogP contribution is 2.30. The van der Waals surface area contributed by atoms with Gasteiger partial charge in [0.2, 0.25) is 0 Å². The minimum atomic E-state index is 0.354. The zero-order valence-electron chi connectivity index (χ0n) is 13.4. The molecule has 1 heterocycles. The molecule has 0 radical (unpaired) electrons. The van der Waals surface area contributed by atoms with Gasteiger partial charge in [-0.15, -0.1) is 0 Å². The van der Waals surface area contributed by atoms with E-state index in [1.807, 2.05) is 6.07 Å².